The number of halogens is 4. The second-order valence-corrected chi connectivity index (χ2v) is 3.93. The number of methoxy groups -OCH3 is 1. The Labute approximate surface area is 95.4 Å². The maximum Gasteiger partial charge on any atom is 0.200 e. The van der Waals surface area contributed by atoms with Crippen LogP contribution in [0.1, 0.15) is 11.7 Å². The Hall–Kier alpha value is -0.580. The fourth-order valence-corrected chi connectivity index (χ4v) is 1.39. The summed E-state index contributed by atoms with van der Waals surface area (Å²) >= 11 is 10.9. The average Bonchev–Trinajstić information content (AvgIpc) is 2.20. The number of ether oxygens (including phenoxy) is 1. The van der Waals surface area contributed by atoms with Crippen LogP contribution in [0.4, 0.5) is 8.78 Å². The fraction of sp³-hybridized carbons (Fsp3) is 0.333. The zero-order valence-electron chi connectivity index (χ0n) is 7.68. The molecule has 0 saturated heterocycles. The molecule has 1 aromatic carbocycles. The van der Waals surface area contributed by atoms with Crippen molar-refractivity contribution in [1.29, 1.82) is 0 Å². The summed E-state index contributed by atoms with van der Waals surface area (Å²) < 4.78 is 30.6. The molecular formula is C9H8Cl2F2O2. The monoisotopic (exact) mass is 256 g/mol. The van der Waals surface area contributed by atoms with E-state index >= 15 is 0 Å². The van der Waals surface area contributed by atoms with E-state index in [9.17, 15) is 13.9 Å². The molecule has 0 spiro atoms. The van der Waals surface area contributed by atoms with Crippen LogP contribution in [0.5, 0.6) is 5.75 Å². The molecule has 0 aliphatic heterocycles. The van der Waals surface area contributed by atoms with Gasteiger partial charge in [0.1, 0.15) is 10.9 Å². The van der Waals surface area contributed by atoms with Gasteiger partial charge in [-0.15, -0.1) is 23.2 Å². The number of aliphatic hydroxyl groups excluding tert-OH is 1. The van der Waals surface area contributed by atoms with Crippen molar-refractivity contribution in [2.24, 2.45) is 0 Å². The molecular weight excluding hydrogens is 249 g/mol. The SMILES string of the molecule is COc1c(C(O)C(Cl)Cl)ccc(F)c1F. The van der Waals surface area contributed by atoms with E-state index in [1.807, 2.05) is 0 Å². The van der Waals surface area contributed by atoms with E-state index < -0.39 is 28.3 Å². The quantitative estimate of drug-likeness (QED) is 0.843. The Kier molecular flexibility index (Phi) is 4.13. The maximum absolute atomic E-state index is 13.2. The minimum atomic E-state index is -1.33. The highest BCUT2D eigenvalue weighted by Gasteiger charge is 2.23. The zero-order chi connectivity index (χ0) is 11.6. The number of aliphatic hydroxyl groups is 1. The van der Waals surface area contributed by atoms with Gasteiger partial charge in [-0.1, -0.05) is 0 Å². The van der Waals surface area contributed by atoms with Gasteiger partial charge in [-0.25, -0.2) is 4.39 Å². The van der Waals surface area contributed by atoms with E-state index in [0.29, 0.717) is 0 Å². The van der Waals surface area contributed by atoms with Gasteiger partial charge in [0.05, 0.1) is 7.11 Å². The smallest absolute Gasteiger partial charge is 0.200 e. The summed E-state index contributed by atoms with van der Waals surface area (Å²) in [6, 6.07) is 2.03. The van der Waals surface area contributed by atoms with E-state index in [-0.39, 0.29) is 5.56 Å². The third-order valence-corrected chi connectivity index (χ3v) is 2.32. The van der Waals surface area contributed by atoms with Gasteiger partial charge in [-0.05, 0) is 12.1 Å². The van der Waals surface area contributed by atoms with Crippen molar-refractivity contribution in [3.63, 3.8) is 0 Å². The molecule has 1 N–H and O–H groups in total. The van der Waals surface area contributed by atoms with Crippen LogP contribution in [0.2, 0.25) is 0 Å². The summed E-state index contributed by atoms with van der Waals surface area (Å²) in [6.45, 7) is 0. The predicted molar refractivity (Wildman–Crippen MR) is 53.4 cm³/mol. The lowest BCUT2D eigenvalue weighted by Crippen LogP contribution is -2.09. The Morgan fingerprint density at radius 2 is 1.93 bits per heavy atom. The first-order chi connectivity index (χ1) is 6.99. The van der Waals surface area contributed by atoms with Gasteiger partial charge in [-0.2, -0.15) is 4.39 Å². The minimum Gasteiger partial charge on any atom is -0.493 e. The molecule has 0 radical (unpaired) electrons. The van der Waals surface area contributed by atoms with Gasteiger partial charge < -0.3 is 9.84 Å². The molecule has 15 heavy (non-hydrogen) atoms. The van der Waals surface area contributed by atoms with Crippen LogP contribution in [0, 0.1) is 11.6 Å². The lowest BCUT2D eigenvalue weighted by molar-refractivity contribution is 0.186. The van der Waals surface area contributed by atoms with E-state index in [0.717, 1.165) is 13.2 Å². The first-order valence-electron chi connectivity index (χ1n) is 3.97. The van der Waals surface area contributed by atoms with Gasteiger partial charge in [-0.3, -0.25) is 0 Å². The summed E-state index contributed by atoms with van der Waals surface area (Å²) in [5.74, 6) is -2.64. The highest BCUT2D eigenvalue weighted by Crippen LogP contribution is 2.33. The summed E-state index contributed by atoms with van der Waals surface area (Å²) in [5.41, 5.74) is 0.00593. The van der Waals surface area contributed by atoms with Crippen molar-refractivity contribution in [3.8, 4) is 5.75 Å². The van der Waals surface area contributed by atoms with Gasteiger partial charge in [0.15, 0.2) is 11.6 Å². The number of rotatable bonds is 3. The maximum atomic E-state index is 13.2. The van der Waals surface area contributed by atoms with Crippen LogP contribution in [0.25, 0.3) is 0 Å². The Balaban J connectivity index is 3.24. The van der Waals surface area contributed by atoms with Crippen molar-refractivity contribution in [2.75, 3.05) is 7.11 Å². The molecule has 0 fully saturated rings. The highest BCUT2D eigenvalue weighted by molar-refractivity contribution is 6.44. The standard InChI is InChI=1S/C9H8Cl2F2O2/c1-15-8-4(7(14)9(10)11)2-3-5(12)6(8)13/h2-3,7,9,14H,1H3. The average molecular weight is 257 g/mol. The molecule has 0 amide bonds. The Morgan fingerprint density at radius 1 is 1.33 bits per heavy atom. The lowest BCUT2D eigenvalue weighted by atomic mass is 10.1. The van der Waals surface area contributed by atoms with E-state index in [1.54, 1.807) is 0 Å². The second kappa shape index (κ2) is 4.96. The van der Waals surface area contributed by atoms with Crippen LogP contribution in [-0.2, 0) is 0 Å². The summed E-state index contributed by atoms with van der Waals surface area (Å²) in [4.78, 5) is -1.15. The van der Waals surface area contributed by atoms with Crippen LogP contribution in [0.3, 0.4) is 0 Å². The Bertz CT molecular complexity index is 358. The summed E-state index contributed by atoms with van der Waals surface area (Å²) in [6.07, 6.45) is -1.33. The molecule has 1 aromatic rings. The van der Waals surface area contributed by atoms with Crippen molar-refractivity contribution in [1.82, 2.24) is 0 Å². The van der Waals surface area contributed by atoms with Crippen molar-refractivity contribution in [2.45, 2.75) is 10.9 Å². The van der Waals surface area contributed by atoms with Crippen LogP contribution < -0.4 is 4.74 Å². The third-order valence-electron chi connectivity index (χ3n) is 1.84. The summed E-state index contributed by atoms with van der Waals surface area (Å²) in [7, 11) is 1.16. The molecule has 0 aliphatic rings. The number of hydrogen-bond acceptors (Lipinski definition) is 2. The van der Waals surface area contributed by atoms with E-state index in [2.05, 4.69) is 4.74 Å². The van der Waals surface area contributed by atoms with E-state index in [1.165, 1.54) is 6.07 Å². The van der Waals surface area contributed by atoms with Crippen LogP contribution >= 0.6 is 23.2 Å². The molecule has 0 aliphatic carbocycles. The topological polar surface area (TPSA) is 29.5 Å². The normalized spacial score (nSPS) is 13.0. The molecule has 1 rings (SSSR count). The molecule has 1 atom stereocenters. The van der Waals surface area contributed by atoms with Crippen molar-refractivity contribution < 1.29 is 18.6 Å². The summed E-state index contributed by atoms with van der Waals surface area (Å²) in [5, 5.41) is 9.49. The van der Waals surface area contributed by atoms with Gasteiger partial charge in [0.25, 0.3) is 0 Å². The molecule has 1 unspecified atom stereocenters. The molecule has 2 nitrogen and oxygen atoms in total. The largest absolute Gasteiger partial charge is 0.493 e. The molecule has 0 bridgehead atoms. The van der Waals surface area contributed by atoms with Gasteiger partial charge >= 0.3 is 0 Å². The second-order valence-electron chi connectivity index (χ2n) is 2.76. The van der Waals surface area contributed by atoms with Crippen LogP contribution in [0.15, 0.2) is 12.1 Å². The van der Waals surface area contributed by atoms with Gasteiger partial charge in [0.2, 0.25) is 5.82 Å². The number of hydrogen-bond donors (Lipinski definition) is 1. The predicted octanol–water partition coefficient (Wildman–Crippen LogP) is 2.81. The lowest BCUT2D eigenvalue weighted by Gasteiger charge is -2.15. The highest BCUT2D eigenvalue weighted by atomic mass is 35.5. The van der Waals surface area contributed by atoms with Crippen molar-refractivity contribution >= 4 is 23.2 Å². The first kappa shape index (κ1) is 12.5. The first-order valence-corrected chi connectivity index (χ1v) is 4.84. The number of benzene rings is 1. The van der Waals surface area contributed by atoms with E-state index in [4.69, 9.17) is 23.2 Å². The molecule has 0 heterocycles. The molecule has 6 heteroatoms. The minimum absolute atomic E-state index is 0.00593. The van der Waals surface area contributed by atoms with Gasteiger partial charge in [0, 0.05) is 5.56 Å². The van der Waals surface area contributed by atoms with Crippen molar-refractivity contribution in [3.05, 3.63) is 29.3 Å². The molecule has 0 saturated carbocycles. The molecule has 0 aromatic heterocycles. The third kappa shape index (κ3) is 2.51. The zero-order valence-corrected chi connectivity index (χ0v) is 9.19. The fourth-order valence-electron chi connectivity index (χ4n) is 1.12. The molecule has 84 valence electrons. The van der Waals surface area contributed by atoms with Crippen LogP contribution in [-0.4, -0.2) is 17.1 Å². The Morgan fingerprint density at radius 3 is 2.40 bits per heavy atom. The number of alkyl halides is 2.